The minimum Gasteiger partial charge on any atom is -0.293 e. The Morgan fingerprint density at radius 3 is 3.00 bits per heavy atom. The van der Waals surface area contributed by atoms with E-state index in [1.807, 2.05) is 13.0 Å². The van der Waals surface area contributed by atoms with Gasteiger partial charge in [-0.15, -0.1) is 11.8 Å². The Hall–Kier alpha value is -0.0300. The second kappa shape index (κ2) is 3.61. The van der Waals surface area contributed by atoms with Crippen LogP contribution >= 0.6 is 34.4 Å². The van der Waals surface area contributed by atoms with E-state index in [0.29, 0.717) is 0 Å². The van der Waals surface area contributed by atoms with Crippen molar-refractivity contribution in [2.45, 2.75) is 21.5 Å². The molecule has 13 heavy (non-hydrogen) atoms. The van der Waals surface area contributed by atoms with Gasteiger partial charge in [-0.25, -0.2) is 0 Å². The van der Waals surface area contributed by atoms with Crippen LogP contribution in [0.15, 0.2) is 23.1 Å². The van der Waals surface area contributed by atoms with Crippen LogP contribution < -0.4 is 0 Å². The van der Waals surface area contributed by atoms with E-state index in [0.717, 1.165) is 14.9 Å². The van der Waals surface area contributed by atoms with Gasteiger partial charge in [0.05, 0.1) is 5.25 Å². The van der Waals surface area contributed by atoms with Crippen molar-refractivity contribution in [3.63, 3.8) is 0 Å². The second-order valence-corrected chi connectivity index (χ2v) is 5.23. The summed E-state index contributed by atoms with van der Waals surface area (Å²) in [6.07, 6.45) is 0. The SMILES string of the molecule is CC1Sc2ccc(CI)cc2C1=O. The standard InChI is InChI=1S/C10H9IOS/c1-6-10(12)8-4-7(5-11)2-3-9(8)13-6/h2-4,6H,5H2,1H3. The Kier molecular flexibility index (Phi) is 2.65. The van der Waals surface area contributed by atoms with Gasteiger partial charge in [0.25, 0.3) is 0 Å². The van der Waals surface area contributed by atoms with Gasteiger partial charge >= 0.3 is 0 Å². The highest BCUT2D eigenvalue weighted by molar-refractivity contribution is 14.1. The lowest BCUT2D eigenvalue weighted by Gasteiger charge is -1.98. The zero-order valence-electron chi connectivity index (χ0n) is 7.21. The van der Waals surface area contributed by atoms with Crippen molar-refractivity contribution in [2.75, 3.05) is 0 Å². The summed E-state index contributed by atoms with van der Waals surface area (Å²) >= 11 is 3.98. The molecular weight excluding hydrogens is 295 g/mol. The van der Waals surface area contributed by atoms with E-state index >= 15 is 0 Å². The Labute approximate surface area is 95.4 Å². The fourth-order valence-electron chi connectivity index (χ4n) is 1.42. The number of fused-ring (bicyclic) bond motifs is 1. The molecule has 0 saturated heterocycles. The molecule has 0 N–H and O–H groups in total. The molecule has 1 nitrogen and oxygen atoms in total. The molecule has 0 aromatic heterocycles. The third kappa shape index (κ3) is 1.64. The summed E-state index contributed by atoms with van der Waals surface area (Å²) in [5, 5.41) is 0.111. The number of alkyl halides is 1. The van der Waals surface area contributed by atoms with Gasteiger partial charge in [0.1, 0.15) is 0 Å². The summed E-state index contributed by atoms with van der Waals surface area (Å²) in [7, 11) is 0. The van der Waals surface area contributed by atoms with Gasteiger partial charge in [-0.3, -0.25) is 4.79 Å². The van der Waals surface area contributed by atoms with Crippen LogP contribution in [0.4, 0.5) is 0 Å². The molecule has 1 aromatic rings. The molecule has 1 unspecified atom stereocenters. The predicted molar refractivity (Wildman–Crippen MR) is 63.8 cm³/mol. The van der Waals surface area contributed by atoms with Crippen LogP contribution in [0, 0.1) is 0 Å². The average Bonchev–Trinajstić information content (AvgIpc) is 2.43. The first kappa shape index (κ1) is 9.52. The van der Waals surface area contributed by atoms with Crippen LogP contribution in [0.1, 0.15) is 22.8 Å². The number of carbonyl (C=O) groups is 1. The highest BCUT2D eigenvalue weighted by atomic mass is 127. The molecule has 0 aliphatic carbocycles. The van der Waals surface area contributed by atoms with Crippen LogP contribution in [0.25, 0.3) is 0 Å². The number of benzene rings is 1. The molecule has 3 heteroatoms. The van der Waals surface area contributed by atoms with E-state index in [-0.39, 0.29) is 11.0 Å². The highest BCUT2D eigenvalue weighted by Gasteiger charge is 2.27. The van der Waals surface area contributed by atoms with Gasteiger partial charge < -0.3 is 0 Å². The largest absolute Gasteiger partial charge is 0.293 e. The van der Waals surface area contributed by atoms with E-state index in [1.54, 1.807) is 11.8 Å². The summed E-state index contributed by atoms with van der Waals surface area (Å²) in [6, 6.07) is 6.19. The van der Waals surface area contributed by atoms with E-state index < -0.39 is 0 Å². The molecule has 1 atom stereocenters. The maximum atomic E-state index is 11.6. The molecule has 0 saturated carbocycles. The third-order valence-electron chi connectivity index (χ3n) is 2.14. The zero-order valence-corrected chi connectivity index (χ0v) is 10.2. The van der Waals surface area contributed by atoms with Crippen molar-refractivity contribution >= 4 is 40.1 Å². The summed E-state index contributed by atoms with van der Waals surface area (Å²) in [6.45, 7) is 1.97. The Balaban J connectivity index is 2.48. The molecule has 1 heterocycles. The quantitative estimate of drug-likeness (QED) is 0.585. The number of halogens is 1. The Bertz CT molecular complexity index is 362. The van der Waals surface area contributed by atoms with Crippen molar-refractivity contribution in [2.24, 2.45) is 0 Å². The number of thioether (sulfide) groups is 1. The lowest BCUT2D eigenvalue weighted by Crippen LogP contribution is -2.05. The number of carbonyl (C=O) groups excluding carboxylic acids is 1. The molecular formula is C10H9IOS. The second-order valence-electron chi connectivity index (χ2n) is 3.09. The topological polar surface area (TPSA) is 17.1 Å². The average molecular weight is 304 g/mol. The van der Waals surface area contributed by atoms with E-state index in [9.17, 15) is 4.79 Å². The number of rotatable bonds is 1. The predicted octanol–water partition coefficient (Wildman–Crippen LogP) is 3.30. The summed E-state index contributed by atoms with van der Waals surface area (Å²) in [5.74, 6) is 0.284. The van der Waals surface area contributed by atoms with Crippen LogP contribution in [-0.4, -0.2) is 11.0 Å². The summed E-state index contributed by atoms with van der Waals surface area (Å²) in [4.78, 5) is 12.8. The fourth-order valence-corrected chi connectivity index (χ4v) is 2.94. The third-order valence-corrected chi connectivity index (χ3v) is 4.20. The van der Waals surface area contributed by atoms with Gasteiger partial charge in [-0.05, 0) is 24.6 Å². The van der Waals surface area contributed by atoms with Gasteiger partial charge in [0, 0.05) is 14.9 Å². The van der Waals surface area contributed by atoms with E-state index in [1.165, 1.54) is 5.56 Å². The lowest BCUT2D eigenvalue weighted by molar-refractivity contribution is 0.0996. The Morgan fingerprint density at radius 1 is 1.54 bits per heavy atom. The molecule has 2 rings (SSSR count). The molecule has 0 radical (unpaired) electrons. The van der Waals surface area contributed by atoms with Crippen molar-refractivity contribution in [1.82, 2.24) is 0 Å². The zero-order chi connectivity index (χ0) is 9.42. The molecule has 1 aliphatic rings. The smallest absolute Gasteiger partial charge is 0.177 e. The summed E-state index contributed by atoms with van der Waals surface area (Å²) < 4.78 is 0.970. The minimum atomic E-state index is 0.111. The first-order valence-electron chi connectivity index (χ1n) is 4.12. The number of hydrogen-bond acceptors (Lipinski definition) is 2. The maximum Gasteiger partial charge on any atom is 0.177 e. The minimum absolute atomic E-state index is 0.111. The van der Waals surface area contributed by atoms with Crippen LogP contribution in [-0.2, 0) is 4.43 Å². The molecule has 1 aromatic carbocycles. The van der Waals surface area contributed by atoms with Crippen molar-refractivity contribution in [3.05, 3.63) is 29.3 Å². The molecule has 0 spiro atoms. The Morgan fingerprint density at radius 2 is 2.31 bits per heavy atom. The van der Waals surface area contributed by atoms with Crippen LogP contribution in [0.3, 0.4) is 0 Å². The fraction of sp³-hybridized carbons (Fsp3) is 0.300. The van der Waals surface area contributed by atoms with Crippen molar-refractivity contribution < 1.29 is 4.79 Å². The first-order chi connectivity index (χ1) is 6.22. The van der Waals surface area contributed by atoms with Crippen LogP contribution in [0.5, 0.6) is 0 Å². The summed E-state index contributed by atoms with van der Waals surface area (Å²) in [5.41, 5.74) is 2.16. The van der Waals surface area contributed by atoms with Crippen molar-refractivity contribution in [3.8, 4) is 0 Å². The number of hydrogen-bond donors (Lipinski definition) is 0. The van der Waals surface area contributed by atoms with Gasteiger partial charge in [-0.1, -0.05) is 28.7 Å². The van der Waals surface area contributed by atoms with Gasteiger partial charge in [0.2, 0.25) is 0 Å². The molecule has 1 aliphatic heterocycles. The number of ketones is 1. The monoisotopic (exact) mass is 304 g/mol. The maximum absolute atomic E-state index is 11.6. The van der Waals surface area contributed by atoms with Crippen LogP contribution in [0.2, 0.25) is 0 Å². The molecule has 0 fully saturated rings. The highest BCUT2D eigenvalue weighted by Crippen LogP contribution is 2.37. The normalized spacial score (nSPS) is 20.5. The van der Waals surface area contributed by atoms with Crippen molar-refractivity contribution in [1.29, 1.82) is 0 Å². The van der Waals surface area contributed by atoms with E-state index in [4.69, 9.17) is 0 Å². The molecule has 0 amide bonds. The molecule has 0 bridgehead atoms. The van der Waals surface area contributed by atoms with Gasteiger partial charge in [0.15, 0.2) is 5.78 Å². The first-order valence-corrected chi connectivity index (χ1v) is 6.52. The lowest BCUT2D eigenvalue weighted by atomic mass is 10.1. The van der Waals surface area contributed by atoms with E-state index in [2.05, 4.69) is 34.7 Å². The van der Waals surface area contributed by atoms with Gasteiger partial charge in [-0.2, -0.15) is 0 Å². The number of Topliss-reactive ketones (excluding diaryl/α,β-unsaturated/α-hetero) is 1. The molecule has 68 valence electrons.